The molecule has 3 aromatic heterocycles. The lowest BCUT2D eigenvalue weighted by Gasteiger charge is -2.32. The Labute approximate surface area is 162 Å². The van der Waals surface area contributed by atoms with Crippen molar-refractivity contribution >= 4 is 16.8 Å². The number of hydrogen-bond acceptors (Lipinski definition) is 5. The maximum atomic E-state index is 12.6. The van der Waals surface area contributed by atoms with Gasteiger partial charge in [-0.15, -0.1) is 0 Å². The lowest BCUT2D eigenvalue weighted by atomic mass is 9.92. The zero-order valence-electron chi connectivity index (χ0n) is 16.2. The number of piperidine rings is 1. The second-order valence-corrected chi connectivity index (χ2v) is 7.45. The minimum absolute atomic E-state index is 0.147. The molecule has 146 valence electrons. The second kappa shape index (κ2) is 7.58. The van der Waals surface area contributed by atoms with Crippen molar-refractivity contribution in [2.75, 3.05) is 13.1 Å². The van der Waals surface area contributed by atoms with Crippen molar-refractivity contribution in [3.05, 3.63) is 57.5 Å². The van der Waals surface area contributed by atoms with Crippen molar-refractivity contribution in [3.63, 3.8) is 0 Å². The summed E-state index contributed by atoms with van der Waals surface area (Å²) in [7, 11) is 0. The van der Waals surface area contributed by atoms with E-state index in [1.807, 2.05) is 36.9 Å². The lowest BCUT2D eigenvalue weighted by molar-refractivity contribution is -0.132. The summed E-state index contributed by atoms with van der Waals surface area (Å²) in [6.07, 6.45) is 4.44. The lowest BCUT2D eigenvalue weighted by Crippen LogP contribution is -2.38. The summed E-state index contributed by atoms with van der Waals surface area (Å²) in [4.78, 5) is 33.9. The molecule has 1 fully saturated rings. The van der Waals surface area contributed by atoms with Crippen molar-refractivity contribution in [2.45, 2.75) is 45.4 Å². The molecular formula is C21H24N4O3. The van der Waals surface area contributed by atoms with Crippen molar-refractivity contribution in [1.29, 1.82) is 0 Å². The first-order valence-corrected chi connectivity index (χ1v) is 9.70. The van der Waals surface area contributed by atoms with E-state index in [0.717, 1.165) is 40.9 Å². The van der Waals surface area contributed by atoms with E-state index in [0.29, 0.717) is 31.4 Å². The third-order valence-corrected chi connectivity index (χ3v) is 5.68. The van der Waals surface area contributed by atoms with Gasteiger partial charge in [0.25, 0.3) is 5.56 Å². The third kappa shape index (κ3) is 3.56. The van der Waals surface area contributed by atoms with Crippen LogP contribution in [0.4, 0.5) is 0 Å². The maximum absolute atomic E-state index is 12.6. The number of rotatable bonds is 4. The molecule has 7 heteroatoms. The maximum Gasteiger partial charge on any atom is 0.274 e. The Kier molecular flexibility index (Phi) is 4.98. The van der Waals surface area contributed by atoms with E-state index in [4.69, 9.17) is 4.52 Å². The van der Waals surface area contributed by atoms with Crippen LogP contribution in [0.2, 0.25) is 0 Å². The molecule has 1 aliphatic heterocycles. The van der Waals surface area contributed by atoms with E-state index in [1.54, 1.807) is 6.20 Å². The highest BCUT2D eigenvalue weighted by atomic mass is 16.5. The average molecular weight is 380 g/mol. The van der Waals surface area contributed by atoms with Gasteiger partial charge in [0.1, 0.15) is 11.3 Å². The fraction of sp³-hybridized carbons (Fsp3) is 0.429. The number of hydrogen-bond donors (Lipinski definition) is 1. The van der Waals surface area contributed by atoms with Gasteiger partial charge in [-0.1, -0.05) is 11.2 Å². The summed E-state index contributed by atoms with van der Waals surface area (Å²) < 4.78 is 5.17. The van der Waals surface area contributed by atoms with Gasteiger partial charge in [-0.25, -0.2) is 0 Å². The van der Waals surface area contributed by atoms with Gasteiger partial charge in [-0.2, -0.15) is 0 Å². The van der Waals surface area contributed by atoms with Crippen LogP contribution in [0.5, 0.6) is 0 Å². The smallest absolute Gasteiger partial charge is 0.274 e. The number of carbonyl (C=O) groups is 1. The predicted octanol–water partition coefficient (Wildman–Crippen LogP) is 2.87. The first-order valence-electron chi connectivity index (χ1n) is 9.70. The molecule has 4 rings (SSSR count). The molecule has 1 saturated heterocycles. The molecule has 0 radical (unpaired) electrons. The van der Waals surface area contributed by atoms with Crippen molar-refractivity contribution < 1.29 is 9.32 Å². The topological polar surface area (TPSA) is 92.1 Å². The number of pyridine rings is 2. The van der Waals surface area contributed by atoms with Gasteiger partial charge in [0.15, 0.2) is 0 Å². The van der Waals surface area contributed by atoms with Crippen LogP contribution < -0.4 is 5.56 Å². The van der Waals surface area contributed by atoms with Gasteiger partial charge in [-0.3, -0.25) is 14.6 Å². The molecule has 7 nitrogen and oxygen atoms in total. The van der Waals surface area contributed by atoms with Crippen molar-refractivity contribution in [2.24, 2.45) is 0 Å². The van der Waals surface area contributed by atoms with Gasteiger partial charge in [0, 0.05) is 48.3 Å². The Balaban J connectivity index is 1.38. The van der Waals surface area contributed by atoms with E-state index in [1.165, 1.54) is 0 Å². The number of nitrogens with one attached hydrogen (secondary N) is 1. The Hall–Kier alpha value is -2.96. The summed E-state index contributed by atoms with van der Waals surface area (Å²) in [5.74, 6) is 1.21. The van der Waals surface area contributed by atoms with E-state index < -0.39 is 0 Å². The first kappa shape index (κ1) is 18.4. The number of fused-ring (bicyclic) bond motifs is 1. The molecule has 0 aliphatic carbocycles. The van der Waals surface area contributed by atoms with Gasteiger partial charge in [0.05, 0.1) is 5.69 Å². The number of aromatic nitrogens is 3. The first-order chi connectivity index (χ1) is 13.5. The number of amides is 1. The molecule has 0 aromatic carbocycles. The monoisotopic (exact) mass is 380 g/mol. The van der Waals surface area contributed by atoms with E-state index in [9.17, 15) is 9.59 Å². The van der Waals surface area contributed by atoms with Gasteiger partial charge in [-0.05, 0) is 45.2 Å². The molecule has 28 heavy (non-hydrogen) atoms. The molecule has 4 heterocycles. The van der Waals surface area contributed by atoms with Crippen LogP contribution in [0, 0.1) is 13.8 Å². The average Bonchev–Trinajstić information content (AvgIpc) is 3.04. The van der Waals surface area contributed by atoms with E-state index >= 15 is 0 Å². The minimum atomic E-state index is -0.147. The quantitative estimate of drug-likeness (QED) is 0.751. The molecular weight excluding hydrogens is 356 g/mol. The van der Waals surface area contributed by atoms with Gasteiger partial charge >= 0.3 is 0 Å². The summed E-state index contributed by atoms with van der Waals surface area (Å²) in [5, 5.41) is 4.81. The SMILES string of the molecule is Cc1noc(C)c1CCC(=O)N1CCC(c2cc3cccnc3c(=O)[nH]2)CC1. The normalized spacial score (nSPS) is 15.3. The molecule has 0 spiro atoms. The molecule has 0 saturated carbocycles. The third-order valence-electron chi connectivity index (χ3n) is 5.68. The summed E-state index contributed by atoms with van der Waals surface area (Å²) in [6.45, 7) is 5.20. The zero-order valence-corrected chi connectivity index (χ0v) is 16.2. The number of likely N-dealkylation sites (tertiary alicyclic amines) is 1. The van der Waals surface area contributed by atoms with E-state index in [2.05, 4.69) is 15.1 Å². The van der Waals surface area contributed by atoms with Crippen molar-refractivity contribution in [1.82, 2.24) is 20.0 Å². The second-order valence-electron chi connectivity index (χ2n) is 7.45. The standard InChI is InChI=1S/C21H24N4O3/c1-13-17(14(2)28-24-13)5-6-19(26)25-10-7-15(8-11-25)18-12-16-4-3-9-22-20(16)21(27)23-18/h3-4,9,12,15H,5-8,10-11H2,1-2H3,(H,23,27). The van der Waals surface area contributed by atoms with Gasteiger partial charge in [0.2, 0.25) is 5.91 Å². The number of aromatic amines is 1. The van der Waals surface area contributed by atoms with Crippen molar-refractivity contribution in [3.8, 4) is 0 Å². The van der Waals surface area contributed by atoms with Crippen LogP contribution >= 0.6 is 0 Å². The molecule has 1 amide bonds. The molecule has 1 aliphatic rings. The molecule has 0 atom stereocenters. The highest BCUT2D eigenvalue weighted by Crippen LogP contribution is 2.28. The van der Waals surface area contributed by atoms with Crippen LogP contribution in [0.1, 0.15) is 47.9 Å². The Morgan fingerprint density at radius 2 is 2.11 bits per heavy atom. The summed E-state index contributed by atoms with van der Waals surface area (Å²) >= 11 is 0. The molecule has 1 N–H and O–H groups in total. The Morgan fingerprint density at radius 1 is 1.32 bits per heavy atom. The minimum Gasteiger partial charge on any atom is -0.361 e. The number of H-pyrrole nitrogens is 1. The fourth-order valence-electron chi connectivity index (χ4n) is 4.03. The van der Waals surface area contributed by atoms with Crippen LogP contribution in [0.3, 0.4) is 0 Å². The largest absolute Gasteiger partial charge is 0.361 e. The van der Waals surface area contributed by atoms with Crippen LogP contribution in [-0.4, -0.2) is 39.0 Å². The van der Waals surface area contributed by atoms with Crippen LogP contribution in [0.25, 0.3) is 10.9 Å². The number of aryl methyl sites for hydroxylation is 2. The van der Waals surface area contributed by atoms with Gasteiger partial charge < -0.3 is 14.4 Å². The van der Waals surface area contributed by atoms with Crippen LogP contribution in [0.15, 0.2) is 33.7 Å². The summed E-state index contributed by atoms with van der Waals surface area (Å²) in [6, 6.07) is 5.77. The Bertz CT molecular complexity index is 1040. The molecule has 3 aromatic rings. The highest BCUT2D eigenvalue weighted by Gasteiger charge is 2.25. The summed E-state index contributed by atoms with van der Waals surface area (Å²) in [5.41, 5.74) is 3.15. The zero-order chi connectivity index (χ0) is 19.7. The van der Waals surface area contributed by atoms with Crippen LogP contribution in [-0.2, 0) is 11.2 Å². The molecule has 0 unspecified atom stereocenters. The van der Waals surface area contributed by atoms with E-state index in [-0.39, 0.29) is 17.4 Å². The molecule has 0 bridgehead atoms. The highest BCUT2D eigenvalue weighted by molar-refractivity contribution is 5.78. The predicted molar refractivity (Wildman–Crippen MR) is 105 cm³/mol. The Morgan fingerprint density at radius 3 is 2.82 bits per heavy atom. The number of nitrogens with zero attached hydrogens (tertiary/aromatic N) is 3. The fourth-order valence-corrected chi connectivity index (χ4v) is 4.03. The number of carbonyl (C=O) groups excluding carboxylic acids is 1.